The number of nitrogens with zero attached hydrogens (tertiary/aromatic N) is 2. The van der Waals surface area contributed by atoms with Gasteiger partial charge in [0.05, 0.1) is 5.92 Å². The van der Waals surface area contributed by atoms with Gasteiger partial charge in [-0.05, 0) is 44.6 Å². The number of carbonyl (C=O) groups is 1. The highest BCUT2D eigenvalue weighted by molar-refractivity contribution is 5.85. The molecule has 4 nitrogen and oxygen atoms in total. The molecule has 1 saturated heterocycles. The zero-order valence-corrected chi connectivity index (χ0v) is 18.7. The van der Waals surface area contributed by atoms with Gasteiger partial charge in [0.25, 0.3) is 0 Å². The van der Waals surface area contributed by atoms with Crippen LogP contribution in [0.15, 0.2) is 0 Å². The summed E-state index contributed by atoms with van der Waals surface area (Å²) >= 11 is 0. The summed E-state index contributed by atoms with van der Waals surface area (Å²) < 4.78 is 5.85. The smallest absolute Gasteiger partial charge is 0.309 e. The van der Waals surface area contributed by atoms with Crippen molar-refractivity contribution >= 4 is 30.8 Å². The number of piperazine rings is 1. The monoisotopic (exact) mass is 422 g/mol. The Kier molecular flexibility index (Phi) is 12.3. The SMILES string of the molecule is CN1CCN(CCOC(=O)C(C2CCCCC2)C2CCCCC2)CC1.Cl.Cl. The summed E-state index contributed by atoms with van der Waals surface area (Å²) in [6.45, 7) is 5.94. The van der Waals surface area contributed by atoms with E-state index in [0.29, 0.717) is 18.4 Å². The maximum Gasteiger partial charge on any atom is 0.309 e. The van der Waals surface area contributed by atoms with E-state index in [2.05, 4.69) is 16.8 Å². The molecule has 0 aromatic heterocycles. The van der Waals surface area contributed by atoms with Gasteiger partial charge in [0, 0.05) is 32.7 Å². The van der Waals surface area contributed by atoms with Crippen LogP contribution in [0, 0.1) is 17.8 Å². The molecule has 3 rings (SSSR count). The highest BCUT2D eigenvalue weighted by Gasteiger charge is 2.37. The number of esters is 1. The Morgan fingerprint density at radius 3 is 1.81 bits per heavy atom. The molecule has 0 atom stereocenters. The fraction of sp³-hybridized carbons (Fsp3) is 0.952. The highest BCUT2D eigenvalue weighted by Crippen LogP contribution is 2.40. The van der Waals surface area contributed by atoms with Gasteiger partial charge in [0.15, 0.2) is 0 Å². The van der Waals surface area contributed by atoms with Gasteiger partial charge in [-0.1, -0.05) is 38.5 Å². The molecular weight excluding hydrogens is 383 g/mol. The van der Waals surface area contributed by atoms with Crippen molar-refractivity contribution in [3.05, 3.63) is 0 Å². The van der Waals surface area contributed by atoms with Crippen molar-refractivity contribution < 1.29 is 9.53 Å². The molecule has 0 aromatic rings. The molecule has 6 heteroatoms. The van der Waals surface area contributed by atoms with Gasteiger partial charge >= 0.3 is 5.97 Å². The molecule has 160 valence electrons. The summed E-state index contributed by atoms with van der Waals surface area (Å²) in [6, 6.07) is 0. The Bertz CT molecular complexity index is 387. The third kappa shape index (κ3) is 7.72. The fourth-order valence-corrected chi connectivity index (χ4v) is 5.20. The molecule has 0 radical (unpaired) electrons. The Morgan fingerprint density at radius 1 is 0.852 bits per heavy atom. The van der Waals surface area contributed by atoms with Crippen molar-refractivity contribution in [2.75, 3.05) is 46.4 Å². The zero-order valence-electron chi connectivity index (χ0n) is 17.1. The molecule has 0 unspecified atom stereocenters. The van der Waals surface area contributed by atoms with Crippen molar-refractivity contribution in [1.29, 1.82) is 0 Å². The molecule has 3 fully saturated rings. The second-order valence-corrected chi connectivity index (χ2v) is 8.63. The van der Waals surface area contributed by atoms with Crippen molar-refractivity contribution in [3.63, 3.8) is 0 Å². The molecule has 1 heterocycles. The maximum atomic E-state index is 13.0. The number of halogens is 2. The number of hydrogen-bond acceptors (Lipinski definition) is 4. The van der Waals surface area contributed by atoms with Crippen molar-refractivity contribution in [3.8, 4) is 0 Å². The van der Waals surface area contributed by atoms with E-state index in [1.807, 2.05) is 0 Å². The first-order chi connectivity index (χ1) is 12.2. The Morgan fingerprint density at radius 2 is 1.33 bits per heavy atom. The lowest BCUT2D eigenvalue weighted by Crippen LogP contribution is -2.45. The second-order valence-electron chi connectivity index (χ2n) is 8.63. The van der Waals surface area contributed by atoms with E-state index in [-0.39, 0.29) is 36.7 Å². The van der Waals surface area contributed by atoms with Gasteiger partial charge in [-0.15, -0.1) is 24.8 Å². The van der Waals surface area contributed by atoms with Gasteiger partial charge in [0.2, 0.25) is 0 Å². The normalized spacial score (nSPS) is 23.5. The first-order valence-corrected chi connectivity index (χ1v) is 10.8. The molecular formula is C21H40Cl2N2O2. The van der Waals surface area contributed by atoms with E-state index in [0.717, 1.165) is 32.7 Å². The van der Waals surface area contributed by atoms with Crippen LogP contribution in [0.3, 0.4) is 0 Å². The fourth-order valence-electron chi connectivity index (χ4n) is 5.20. The number of ether oxygens (including phenoxy) is 1. The summed E-state index contributed by atoms with van der Waals surface area (Å²) in [5.41, 5.74) is 0. The standard InChI is InChI=1S/C21H38N2O2.2ClH/c1-22-12-14-23(15-13-22)16-17-25-21(24)20(18-8-4-2-5-9-18)19-10-6-3-7-11-19;;/h18-20H,2-17H2,1H3;2*1H. The third-order valence-electron chi connectivity index (χ3n) is 6.84. The predicted octanol–water partition coefficient (Wildman–Crippen LogP) is 4.40. The average Bonchev–Trinajstić information content (AvgIpc) is 2.65. The van der Waals surface area contributed by atoms with Crippen LogP contribution in [-0.2, 0) is 9.53 Å². The largest absolute Gasteiger partial charge is 0.464 e. The summed E-state index contributed by atoms with van der Waals surface area (Å²) in [5.74, 6) is 1.50. The minimum Gasteiger partial charge on any atom is -0.464 e. The van der Waals surface area contributed by atoms with Crippen LogP contribution in [0.2, 0.25) is 0 Å². The van der Waals surface area contributed by atoms with Crippen LogP contribution >= 0.6 is 24.8 Å². The molecule has 0 bridgehead atoms. The van der Waals surface area contributed by atoms with E-state index in [1.54, 1.807) is 0 Å². The van der Waals surface area contributed by atoms with E-state index in [1.165, 1.54) is 64.2 Å². The quantitative estimate of drug-likeness (QED) is 0.593. The topological polar surface area (TPSA) is 32.8 Å². The maximum absolute atomic E-state index is 13.0. The first kappa shape index (κ1) is 25.0. The molecule has 0 spiro atoms. The molecule has 1 aliphatic heterocycles. The number of rotatable bonds is 6. The lowest BCUT2D eigenvalue weighted by Gasteiger charge is -2.36. The Balaban J connectivity index is 0.00000182. The van der Waals surface area contributed by atoms with Gasteiger partial charge < -0.3 is 9.64 Å². The third-order valence-corrected chi connectivity index (χ3v) is 6.84. The molecule has 0 aromatic carbocycles. The predicted molar refractivity (Wildman–Crippen MR) is 116 cm³/mol. The van der Waals surface area contributed by atoms with E-state index < -0.39 is 0 Å². The van der Waals surface area contributed by atoms with Gasteiger partial charge in [-0.25, -0.2) is 0 Å². The van der Waals surface area contributed by atoms with Crippen LogP contribution in [0.5, 0.6) is 0 Å². The van der Waals surface area contributed by atoms with Crippen molar-refractivity contribution in [1.82, 2.24) is 9.80 Å². The average molecular weight is 423 g/mol. The van der Waals surface area contributed by atoms with E-state index in [9.17, 15) is 4.79 Å². The van der Waals surface area contributed by atoms with Crippen LogP contribution in [0.1, 0.15) is 64.2 Å². The van der Waals surface area contributed by atoms with E-state index >= 15 is 0 Å². The van der Waals surface area contributed by atoms with Gasteiger partial charge in [0.1, 0.15) is 6.61 Å². The van der Waals surface area contributed by atoms with Gasteiger partial charge in [-0.2, -0.15) is 0 Å². The summed E-state index contributed by atoms with van der Waals surface area (Å²) in [5, 5.41) is 0. The van der Waals surface area contributed by atoms with E-state index in [4.69, 9.17) is 4.74 Å². The highest BCUT2D eigenvalue weighted by atomic mass is 35.5. The number of likely N-dealkylation sites (N-methyl/N-ethyl adjacent to an activating group) is 1. The summed E-state index contributed by atoms with van der Waals surface area (Å²) in [7, 11) is 2.18. The first-order valence-electron chi connectivity index (χ1n) is 10.8. The summed E-state index contributed by atoms with van der Waals surface area (Å²) in [4.78, 5) is 17.8. The Hall–Kier alpha value is -0.0300. The molecule has 27 heavy (non-hydrogen) atoms. The number of carbonyl (C=O) groups excluding carboxylic acids is 1. The van der Waals surface area contributed by atoms with Crippen molar-refractivity contribution in [2.24, 2.45) is 17.8 Å². The van der Waals surface area contributed by atoms with Crippen LogP contribution < -0.4 is 0 Å². The summed E-state index contributed by atoms with van der Waals surface area (Å²) in [6.07, 6.45) is 12.9. The lowest BCUT2D eigenvalue weighted by molar-refractivity contribution is -0.154. The van der Waals surface area contributed by atoms with Crippen LogP contribution in [0.4, 0.5) is 0 Å². The molecule has 0 amide bonds. The van der Waals surface area contributed by atoms with Gasteiger partial charge in [-0.3, -0.25) is 9.69 Å². The minimum atomic E-state index is 0. The van der Waals surface area contributed by atoms with Crippen LogP contribution in [0.25, 0.3) is 0 Å². The molecule has 0 N–H and O–H groups in total. The molecule has 2 aliphatic carbocycles. The Labute approximate surface area is 178 Å². The zero-order chi connectivity index (χ0) is 17.5. The number of hydrogen-bond donors (Lipinski definition) is 0. The van der Waals surface area contributed by atoms with Crippen molar-refractivity contribution in [2.45, 2.75) is 64.2 Å². The van der Waals surface area contributed by atoms with Crippen LogP contribution in [-0.4, -0.2) is 62.1 Å². The second kappa shape index (κ2) is 13.2. The lowest BCUT2D eigenvalue weighted by atomic mass is 9.69. The molecule has 2 saturated carbocycles. The molecule has 3 aliphatic rings. The minimum absolute atomic E-state index is 0.